The summed E-state index contributed by atoms with van der Waals surface area (Å²) < 4.78 is 0. The molecule has 2 rings (SSSR count). The largest absolute Gasteiger partial charge is 0.259 e. The molecule has 0 saturated carbocycles. The molecule has 16 heavy (non-hydrogen) atoms. The van der Waals surface area contributed by atoms with E-state index in [1.165, 1.54) is 6.08 Å². The van der Waals surface area contributed by atoms with Crippen molar-refractivity contribution in [2.45, 2.75) is 6.92 Å². The van der Waals surface area contributed by atoms with Gasteiger partial charge in [-0.1, -0.05) is 12.1 Å². The van der Waals surface area contributed by atoms with E-state index in [9.17, 15) is 10.1 Å². The van der Waals surface area contributed by atoms with E-state index in [0.717, 1.165) is 28.4 Å². The highest BCUT2D eigenvalue weighted by Gasteiger charge is 1.97. The average molecular weight is 214 g/mol. The van der Waals surface area contributed by atoms with Gasteiger partial charge < -0.3 is 0 Å². The van der Waals surface area contributed by atoms with Crippen LogP contribution in [-0.2, 0) is 0 Å². The van der Waals surface area contributed by atoms with Gasteiger partial charge in [0.15, 0.2) is 0 Å². The Morgan fingerprint density at radius 2 is 2.12 bits per heavy atom. The van der Waals surface area contributed by atoms with Gasteiger partial charge in [-0.25, -0.2) is 0 Å². The van der Waals surface area contributed by atoms with Crippen molar-refractivity contribution in [1.29, 1.82) is 0 Å². The summed E-state index contributed by atoms with van der Waals surface area (Å²) in [5.41, 5.74) is 2.66. The summed E-state index contributed by atoms with van der Waals surface area (Å²) in [6.07, 6.45) is 2.40. The van der Waals surface area contributed by atoms with Crippen LogP contribution >= 0.6 is 0 Å². The molecule has 0 saturated heterocycles. The van der Waals surface area contributed by atoms with Crippen LogP contribution < -0.4 is 0 Å². The monoisotopic (exact) mass is 214 g/mol. The number of pyridine rings is 1. The fraction of sp³-hybridized carbons (Fsp3) is 0.0833. The topological polar surface area (TPSA) is 56.0 Å². The molecule has 2 aromatic rings. The van der Waals surface area contributed by atoms with Gasteiger partial charge in [0.1, 0.15) is 0 Å². The second kappa shape index (κ2) is 4.10. The SMILES string of the molecule is Cc1ccc2cc(/C=C/[N+](=O)[O-])ccc2n1. The van der Waals surface area contributed by atoms with E-state index in [1.807, 2.05) is 37.3 Å². The first-order valence-electron chi connectivity index (χ1n) is 4.84. The first-order valence-corrected chi connectivity index (χ1v) is 4.84. The number of fused-ring (bicyclic) bond motifs is 1. The van der Waals surface area contributed by atoms with Gasteiger partial charge >= 0.3 is 0 Å². The molecule has 4 heteroatoms. The highest BCUT2D eigenvalue weighted by atomic mass is 16.6. The van der Waals surface area contributed by atoms with Crippen molar-refractivity contribution in [2.75, 3.05) is 0 Å². The van der Waals surface area contributed by atoms with Gasteiger partial charge in [-0.3, -0.25) is 15.1 Å². The number of rotatable bonds is 2. The highest BCUT2D eigenvalue weighted by Crippen LogP contribution is 2.15. The summed E-state index contributed by atoms with van der Waals surface area (Å²) in [6, 6.07) is 9.43. The minimum atomic E-state index is -0.475. The molecular weight excluding hydrogens is 204 g/mol. The maximum absolute atomic E-state index is 10.2. The van der Waals surface area contributed by atoms with Crippen LogP contribution in [-0.4, -0.2) is 9.91 Å². The molecule has 1 aromatic heterocycles. The maximum Gasteiger partial charge on any atom is 0.235 e. The molecule has 0 radical (unpaired) electrons. The number of aryl methyl sites for hydroxylation is 1. The number of hydrogen-bond acceptors (Lipinski definition) is 3. The lowest BCUT2D eigenvalue weighted by Gasteiger charge is -1.99. The average Bonchev–Trinajstić information content (AvgIpc) is 2.26. The van der Waals surface area contributed by atoms with E-state index in [4.69, 9.17) is 0 Å². The predicted octanol–water partition coefficient (Wildman–Crippen LogP) is 2.79. The lowest BCUT2D eigenvalue weighted by molar-refractivity contribution is -0.400. The molecule has 0 aliphatic heterocycles. The van der Waals surface area contributed by atoms with Gasteiger partial charge in [0, 0.05) is 17.2 Å². The van der Waals surface area contributed by atoms with Gasteiger partial charge in [0.25, 0.3) is 0 Å². The highest BCUT2D eigenvalue weighted by molar-refractivity contribution is 5.81. The van der Waals surface area contributed by atoms with E-state index in [0.29, 0.717) is 0 Å². The summed E-state index contributed by atoms with van der Waals surface area (Å²) in [5.74, 6) is 0. The number of nitrogens with zero attached hydrogens (tertiary/aromatic N) is 2. The van der Waals surface area contributed by atoms with Gasteiger partial charge in [0.05, 0.1) is 10.4 Å². The maximum atomic E-state index is 10.2. The van der Waals surface area contributed by atoms with Crippen LogP contribution in [0.3, 0.4) is 0 Å². The Balaban J connectivity index is 2.44. The Morgan fingerprint density at radius 1 is 1.31 bits per heavy atom. The summed E-state index contributed by atoms with van der Waals surface area (Å²) in [5, 5.41) is 11.2. The van der Waals surface area contributed by atoms with Gasteiger partial charge in [-0.2, -0.15) is 0 Å². The second-order valence-corrected chi connectivity index (χ2v) is 3.51. The van der Waals surface area contributed by atoms with E-state index < -0.39 is 4.92 Å². The molecule has 0 N–H and O–H groups in total. The number of nitro groups is 1. The Hall–Kier alpha value is -2.23. The molecule has 0 aliphatic rings. The molecule has 1 heterocycles. The minimum absolute atomic E-state index is 0.475. The van der Waals surface area contributed by atoms with Crippen LogP contribution in [0.1, 0.15) is 11.3 Å². The molecule has 80 valence electrons. The van der Waals surface area contributed by atoms with Crippen molar-refractivity contribution in [2.24, 2.45) is 0 Å². The molecule has 0 atom stereocenters. The van der Waals surface area contributed by atoms with Crippen molar-refractivity contribution in [1.82, 2.24) is 4.98 Å². The fourth-order valence-corrected chi connectivity index (χ4v) is 1.50. The van der Waals surface area contributed by atoms with Crippen molar-refractivity contribution in [3.05, 3.63) is 57.9 Å². The third-order valence-electron chi connectivity index (χ3n) is 2.24. The van der Waals surface area contributed by atoms with Gasteiger partial charge in [0.2, 0.25) is 6.20 Å². The summed E-state index contributed by atoms with van der Waals surface area (Å²) in [4.78, 5) is 14.1. The molecule has 4 nitrogen and oxygen atoms in total. The van der Waals surface area contributed by atoms with Crippen LogP contribution in [0.25, 0.3) is 17.0 Å². The first kappa shape index (κ1) is 10.3. The molecule has 1 aromatic carbocycles. The third kappa shape index (κ3) is 2.23. The van der Waals surface area contributed by atoms with Crippen LogP contribution in [0.15, 0.2) is 36.5 Å². The standard InChI is InChI=1S/C12H10N2O2/c1-9-2-4-11-8-10(6-7-14(15)16)3-5-12(11)13-9/h2-8H,1H3/b7-6+. The second-order valence-electron chi connectivity index (χ2n) is 3.51. The molecule has 0 unspecified atom stereocenters. The smallest absolute Gasteiger partial charge is 0.235 e. The Kier molecular flexibility index (Phi) is 2.64. The van der Waals surface area contributed by atoms with Gasteiger partial charge in [-0.15, -0.1) is 0 Å². The Labute approximate surface area is 92.4 Å². The van der Waals surface area contributed by atoms with Crippen LogP contribution in [0.4, 0.5) is 0 Å². The fourth-order valence-electron chi connectivity index (χ4n) is 1.50. The molecule has 0 amide bonds. The van der Waals surface area contributed by atoms with Gasteiger partial charge in [-0.05, 0) is 30.7 Å². The number of hydrogen-bond donors (Lipinski definition) is 0. The first-order chi connectivity index (χ1) is 7.65. The Bertz CT molecular complexity index is 576. The predicted molar refractivity (Wildman–Crippen MR) is 62.5 cm³/mol. The zero-order valence-corrected chi connectivity index (χ0v) is 8.75. The zero-order valence-electron chi connectivity index (χ0n) is 8.75. The van der Waals surface area contributed by atoms with Crippen LogP contribution in [0, 0.1) is 17.0 Å². The van der Waals surface area contributed by atoms with E-state index in [2.05, 4.69) is 4.98 Å². The lowest BCUT2D eigenvalue weighted by atomic mass is 10.1. The molecular formula is C12H10N2O2. The Morgan fingerprint density at radius 3 is 2.88 bits per heavy atom. The summed E-state index contributed by atoms with van der Waals surface area (Å²) in [6.45, 7) is 1.93. The normalized spacial score (nSPS) is 11.1. The van der Waals surface area contributed by atoms with Crippen LogP contribution in [0.2, 0.25) is 0 Å². The molecule has 0 aliphatic carbocycles. The van der Waals surface area contributed by atoms with Crippen molar-refractivity contribution in [3.63, 3.8) is 0 Å². The lowest BCUT2D eigenvalue weighted by Crippen LogP contribution is -1.85. The van der Waals surface area contributed by atoms with Crippen molar-refractivity contribution in [3.8, 4) is 0 Å². The van der Waals surface area contributed by atoms with Crippen molar-refractivity contribution < 1.29 is 4.92 Å². The number of aromatic nitrogens is 1. The minimum Gasteiger partial charge on any atom is -0.259 e. The molecule has 0 bridgehead atoms. The summed E-state index contributed by atoms with van der Waals surface area (Å²) in [7, 11) is 0. The zero-order chi connectivity index (χ0) is 11.5. The number of benzene rings is 1. The van der Waals surface area contributed by atoms with E-state index in [1.54, 1.807) is 0 Å². The van der Waals surface area contributed by atoms with Crippen molar-refractivity contribution >= 4 is 17.0 Å². The molecule has 0 spiro atoms. The third-order valence-corrected chi connectivity index (χ3v) is 2.24. The molecule has 0 fully saturated rings. The summed E-state index contributed by atoms with van der Waals surface area (Å²) >= 11 is 0. The van der Waals surface area contributed by atoms with E-state index >= 15 is 0 Å². The van der Waals surface area contributed by atoms with E-state index in [-0.39, 0.29) is 0 Å². The quantitative estimate of drug-likeness (QED) is 0.570. The van der Waals surface area contributed by atoms with Crippen LogP contribution in [0.5, 0.6) is 0 Å².